The number of carbonyl (C=O) groups is 1. The maximum atomic E-state index is 14.1. The van der Waals surface area contributed by atoms with Crippen molar-refractivity contribution in [2.45, 2.75) is 44.4 Å². The summed E-state index contributed by atoms with van der Waals surface area (Å²) in [5.74, 6) is 0.521. The number of ether oxygens (including phenoxy) is 1. The van der Waals surface area contributed by atoms with E-state index in [1.165, 1.54) is 11.1 Å². The summed E-state index contributed by atoms with van der Waals surface area (Å²) < 4.78 is 34.0. The van der Waals surface area contributed by atoms with Gasteiger partial charge in [-0.1, -0.05) is 6.08 Å². The van der Waals surface area contributed by atoms with Gasteiger partial charge in [-0.3, -0.25) is 9.59 Å². The largest absolute Gasteiger partial charge is 0.496 e. The first-order valence-electron chi connectivity index (χ1n) is 15.3. The Morgan fingerprint density at radius 3 is 2.43 bits per heavy atom. The maximum Gasteiger partial charge on any atom is 0.256 e. The number of anilines is 1. The highest BCUT2D eigenvalue weighted by atomic mass is 32.2. The molecule has 0 radical (unpaired) electrons. The Bertz CT molecular complexity index is 1990. The molecule has 1 aliphatic heterocycles. The van der Waals surface area contributed by atoms with Crippen LogP contribution in [0.3, 0.4) is 0 Å². The van der Waals surface area contributed by atoms with Crippen LogP contribution in [0, 0.1) is 13.8 Å². The number of likely N-dealkylation sites (N-methyl/N-ethyl adjacent to an activating group) is 1. The number of piperazine rings is 1. The lowest BCUT2D eigenvalue weighted by Crippen LogP contribution is -2.45. The molecule has 4 heterocycles. The van der Waals surface area contributed by atoms with Gasteiger partial charge < -0.3 is 24.8 Å². The first kappa shape index (κ1) is 31.5. The number of fused-ring (bicyclic) bond motifs is 1. The number of hydrogen-bond donors (Lipinski definition) is 2. The van der Waals surface area contributed by atoms with Gasteiger partial charge in [0.15, 0.2) is 0 Å². The fraction of sp³-hybridized carbons (Fsp3) is 0.394. The van der Waals surface area contributed by atoms with E-state index < -0.39 is 20.7 Å². The van der Waals surface area contributed by atoms with Gasteiger partial charge in [0.25, 0.3) is 11.5 Å². The molecule has 0 unspecified atom stereocenters. The highest BCUT2D eigenvalue weighted by Gasteiger charge is 2.54. The van der Waals surface area contributed by atoms with Crippen molar-refractivity contribution in [1.82, 2.24) is 29.1 Å². The van der Waals surface area contributed by atoms with Crippen molar-refractivity contribution in [2.24, 2.45) is 0 Å². The van der Waals surface area contributed by atoms with Crippen molar-refractivity contribution in [3.63, 3.8) is 0 Å². The fourth-order valence-corrected chi connectivity index (χ4v) is 8.25. The van der Waals surface area contributed by atoms with E-state index in [4.69, 9.17) is 4.74 Å². The molecule has 13 heteroatoms. The van der Waals surface area contributed by atoms with Gasteiger partial charge in [-0.2, -0.15) is 0 Å². The predicted molar refractivity (Wildman–Crippen MR) is 178 cm³/mol. The molecular weight excluding hydrogens is 606 g/mol. The van der Waals surface area contributed by atoms with Crippen molar-refractivity contribution in [2.75, 3.05) is 45.2 Å². The second-order valence-electron chi connectivity index (χ2n) is 12.3. The fourth-order valence-electron chi connectivity index (χ4n) is 6.19. The number of nitrogens with zero attached hydrogens (tertiary/aromatic N) is 5. The van der Waals surface area contributed by atoms with E-state index in [0.717, 1.165) is 26.2 Å². The zero-order valence-electron chi connectivity index (χ0n) is 26.6. The second kappa shape index (κ2) is 12.0. The molecule has 1 amide bonds. The zero-order chi connectivity index (χ0) is 32.8. The molecule has 0 bridgehead atoms. The second-order valence-corrected chi connectivity index (χ2v) is 14.5. The van der Waals surface area contributed by atoms with E-state index in [9.17, 15) is 18.0 Å². The van der Waals surface area contributed by atoms with Crippen LogP contribution in [0.5, 0.6) is 5.75 Å². The van der Waals surface area contributed by atoms with Gasteiger partial charge in [0.05, 0.1) is 29.5 Å². The molecule has 46 heavy (non-hydrogen) atoms. The first-order valence-corrected chi connectivity index (χ1v) is 16.7. The highest BCUT2D eigenvalue weighted by molar-refractivity contribution is 7.91. The number of aryl methyl sites for hydroxylation is 2. The molecule has 0 spiro atoms. The van der Waals surface area contributed by atoms with E-state index in [1.807, 2.05) is 0 Å². The molecule has 242 valence electrons. The third kappa shape index (κ3) is 5.58. The third-order valence-corrected chi connectivity index (χ3v) is 11.6. The van der Waals surface area contributed by atoms with Crippen LogP contribution in [-0.4, -0.2) is 83.2 Å². The minimum atomic E-state index is -3.83. The summed E-state index contributed by atoms with van der Waals surface area (Å²) >= 11 is 0. The van der Waals surface area contributed by atoms with Crippen LogP contribution >= 0.6 is 0 Å². The standard InChI is InChI=1S/C33H39N7O5S/c1-6-7-33(8-9-33)46(43,44)40-20-21(2)29-25(30(41)34-19-26-28(45-5)14-22(3)37-31(26)42)15-23(16-27(29)40)24-17-35-32(36-18-24)39-12-10-38(4)11-13-39/h6,14-18,20H,1,7-13,19H2,2-5H3,(H,34,41)(H,37,42). The van der Waals surface area contributed by atoms with Crippen molar-refractivity contribution in [1.29, 1.82) is 0 Å². The van der Waals surface area contributed by atoms with Crippen LogP contribution < -0.4 is 20.5 Å². The minimum Gasteiger partial charge on any atom is -0.496 e. The Kier molecular flexibility index (Phi) is 8.23. The summed E-state index contributed by atoms with van der Waals surface area (Å²) in [7, 11) is -0.275. The average molecular weight is 646 g/mol. The summed E-state index contributed by atoms with van der Waals surface area (Å²) in [4.78, 5) is 43.0. The number of rotatable bonds is 10. The van der Waals surface area contributed by atoms with Gasteiger partial charge >= 0.3 is 0 Å². The molecule has 4 aromatic rings. The zero-order valence-corrected chi connectivity index (χ0v) is 27.4. The number of nitrogens with one attached hydrogen (secondary N) is 2. The van der Waals surface area contributed by atoms with Crippen LogP contribution in [0.1, 0.15) is 46.4 Å². The Balaban J connectivity index is 1.43. The summed E-state index contributed by atoms with van der Waals surface area (Å²) in [6, 6.07) is 5.20. The van der Waals surface area contributed by atoms with E-state index in [-0.39, 0.29) is 23.2 Å². The van der Waals surface area contributed by atoms with Crippen molar-refractivity contribution in [3.05, 3.63) is 82.2 Å². The number of aromatic nitrogens is 4. The lowest BCUT2D eigenvalue weighted by molar-refractivity contribution is 0.0952. The molecule has 1 saturated heterocycles. The van der Waals surface area contributed by atoms with Crippen molar-refractivity contribution >= 4 is 32.8 Å². The van der Waals surface area contributed by atoms with Crippen LogP contribution in [-0.2, 0) is 16.6 Å². The molecule has 0 atom stereocenters. The number of carbonyl (C=O) groups excluding carboxylic acids is 1. The minimum absolute atomic E-state index is 0.0906. The van der Waals surface area contributed by atoms with Crippen molar-refractivity contribution < 1.29 is 17.9 Å². The van der Waals surface area contributed by atoms with Crippen LogP contribution in [0.2, 0.25) is 0 Å². The normalized spacial score (nSPS) is 16.4. The summed E-state index contributed by atoms with van der Waals surface area (Å²) in [6.07, 6.45) is 8.07. The smallest absolute Gasteiger partial charge is 0.256 e. The van der Waals surface area contributed by atoms with Gasteiger partial charge in [-0.05, 0) is 69.5 Å². The highest BCUT2D eigenvalue weighted by Crippen LogP contribution is 2.49. The Labute approximate surface area is 268 Å². The number of hydrogen-bond acceptors (Lipinski definition) is 9. The molecular formula is C33H39N7O5S. The molecule has 1 aromatic carbocycles. The number of allylic oxidation sites excluding steroid dienone is 1. The van der Waals surface area contributed by atoms with Crippen LogP contribution in [0.15, 0.2) is 54.2 Å². The van der Waals surface area contributed by atoms with Gasteiger partial charge in [-0.15, -0.1) is 6.58 Å². The van der Waals surface area contributed by atoms with E-state index in [2.05, 4.69) is 43.7 Å². The quantitative estimate of drug-likeness (QED) is 0.248. The topological polar surface area (TPSA) is 143 Å². The lowest BCUT2D eigenvalue weighted by atomic mass is 9.99. The Morgan fingerprint density at radius 2 is 1.80 bits per heavy atom. The maximum absolute atomic E-state index is 14.1. The average Bonchev–Trinajstić information content (AvgIpc) is 3.76. The molecule has 1 aliphatic carbocycles. The molecule has 1 saturated carbocycles. The van der Waals surface area contributed by atoms with E-state index >= 15 is 0 Å². The number of H-pyrrole nitrogens is 1. The van der Waals surface area contributed by atoms with Gasteiger partial charge in [-0.25, -0.2) is 22.4 Å². The summed E-state index contributed by atoms with van der Waals surface area (Å²) in [5.41, 5.74) is 3.09. The lowest BCUT2D eigenvalue weighted by Gasteiger charge is -2.32. The Morgan fingerprint density at radius 1 is 1.11 bits per heavy atom. The van der Waals surface area contributed by atoms with E-state index in [0.29, 0.717) is 64.2 Å². The van der Waals surface area contributed by atoms with E-state index in [1.54, 1.807) is 56.7 Å². The number of methoxy groups -OCH3 is 1. The number of benzene rings is 1. The summed E-state index contributed by atoms with van der Waals surface area (Å²) in [5, 5.41) is 3.38. The third-order valence-electron chi connectivity index (χ3n) is 9.07. The number of pyridine rings is 1. The molecule has 2 N–H and O–H groups in total. The Hall–Kier alpha value is -4.49. The SMILES string of the molecule is C=CCC1(S(=O)(=O)n2cc(C)c3c(C(=O)NCc4c(OC)cc(C)[nH]c4=O)cc(-c4cnc(N5CCN(C)CC5)nc4)cc32)CC1. The molecule has 3 aromatic heterocycles. The molecule has 2 fully saturated rings. The first-order chi connectivity index (χ1) is 22.0. The number of amides is 1. The van der Waals surface area contributed by atoms with Crippen LogP contribution in [0.4, 0.5) is 5.95 Å². The molecule has 12 nitrogen and oxygen atoms in total. The number of aromatic amines is 1. The van der Waals surface area contributed by atoms with Gasteiger partial charge in [0, 0.05) is 67.0 Å². The molecule has 2 aliphatic rings. The van der Waals surface area contributed by atoms with Gasteiger partial charge in [0.1, 0.15) is 5.75 Å². The molecule has 6 rings (SSSR count). The van der Waals surface area contributed by atoms with Crippen LogP contribution in [0.25, 0.3) is 22.0 Å². The van der Waals surface area contributed by atoms with Crippen molar-refractivity contribution in [3.8, 4) is 16.9 Å². The predicted octanol–water partition coefficient (Wildman–Crippen LogP) is 3.38. The van der Waals surface area contributed by atoms with Gasteiger partial charge in [0.2, 0.25) is 16.0 Å². The monoisotopic (exact) mass is 645 g/mol. The summed E-state index contributed by atoms with van der Waals surface area (Å²) in [6.45, 7) is 10.7.